The number of rotatable bonds is 0. The van der Waals surface area contributed by atoms with Crippen molar-refractivity contribution in [1.82, 2.24) is 0 Å². The third-order valence-corrected chi connectivity index (χ3v) is 9.51. The van der Waals surface area contributed by atoms with Crippen molar-refractivity contribution in [2.45, 2.75) is 140 Å². The van der Waals surface area contributed by atoms with E-state index in [1.165, 1.54) is 0 Å². The Labute approximate surface area is 226 Å². The molecule has 5 aliphatic rings. The Morgan fingerprint density at radius 1 is 0.579 bits per heavy atom. The molecule has 0 spiro atoms. The SMILES string of the molecule is C/C1=C\CC[C@@]2(C)O[C@@H]2CC[C@]2(C)O[C@H]2COC(=O)/C(C)=C/CC[C@@]2(C)O[C@@H]2CC[C@]2(C)O[C@H]2COC1=O. The summed E-state index contributed by atoms with van der Waals surface area (Å²) in [4.78, 5) is 25.0. The number of esters is 2. The molecule has 8 atom stereocenters. The van der Waals surface area contributed by atoms with Crippen LogP contribution in [0.15, 0.2) is 23.3 Å². The second kappa shape index (κ2) is 10.0. The highest BCUT2D eigenvalue weighted by Gasteiger charge is 2.58. The number of ether oxygens (including phenoxy) is 6. The second-order valence-corrected chi connectivity index (χ2v) is 12.8. The number of cyclic esters (lactones) is 2. The number of carbonyl (C=O) groups is 2. The van der Waals surface area contributed by atoms with Gasteiger partial charge < -0.3 is 28.4 Å². The van der Waals surface area contributed by atoms with Crippen LogP contribution < -0.4 is 0 Å². The van der Waals surface area contributed by atoms with E-state index < -0.39 is 0 Å². The molecule has 0 unspecified atom stereocenters. The molecule has 0 saturated carbocycles. The fourth-order valence-electron chi connectivity index (χ4n) is 5.88. The van der Waals surface area contributed by atoms with Gasteiger partial charge in [0.05, 0.1) is 34.6 Å². The molecule has 4 saturated heterocycles. The maximum atomic E-state index is 12.5. The van der Waals surface area contributed by atoms with Crippen molar-refractivity contribution < 1.29 is 38.0 Å². The molecule has 5 rings (SSSR count). The molecule has 5 aliphatic heterocycles. The molecule has 0 aromatic rings. The molecule has 0 bridgehead atoms. The van der Waals surface area contributed by atoms with E-state index in [2.05, 4.69) is 27.7 Å². The van der Waals surface area contributed by atoms with Gasteiger partial charge >= 0.3 is 11.9 Å². The topological polar surface area (TPSA) is 103 Å². The summed E-state index contributed by atoms with van der Waals surface area (Å²) in [7, 11) is 0. The van der Waals surface area contributed by atoms with Crippen LogP contribution in [0.25, 0.3) is 0 Å². The molecule has 212 valence electrons. The Morgan fingerprint density at radius 2 is 0.921 bits per heavy atom. The van der Waals surface area contributed by atoms with Crippen molar-refractivity contribution in [3.8, 4) is 0 Å². The first-order valence-electron chi connectivity index (χ1n) is 14.2. The standard InChI is InChI=1S/C30H44O8/c1-19-9-7-13-27(3)21(35-27)11-16-30(6)24(38-30)18-34-26(32)20(2)10-8-14-28(4)22(36-28)12-15-29(5)23(37-29)17-33-25(19)31/h9-10,21-24H,7-8,11-18H2,1-6H3/b19-9+,20-10+/t21-,22-,23+,24+,27-,28-,29+,30+/m1/s1. The summed E-state index contributed by atoms with van der Waals surface area (Å²) >= 11 is 0. The van der Waals surface area contributed by atoms with Gasteiger partial charge in [-0.3, -0.25) is 0 Å². The van der Waals surface area contributed by atoms with Gasteiger partial charge in [-0.1, -0.05) is 12.2 Å². The van der Waals surface area contributed by atoms with Gasteiger partial charge in [-0.25, -0.2) is 9.59 Å². The number of hydrogen-bond donors (Lipinski definition) is 0. The van der Waals surface area contributed by atoms with Gasteiger partial charge in [0.25, 0.3) is 0 Å². The number of hydrogen-bond acceptors (Lipinski definition) is 8. The Hall–Kier alpha value is -1.74. The maximum absolute atomic E-state index is 12.5. The first kappa shape index (κ1) is 27.8. The van der Waals surface area contributed by atoms with Crippen LogP contribution in [0.5, 0.6) is 0 Å². The molecule has 0 aliphatic carbocycles. The third-order valence-electron chi connectivity index (χ3n) is 9.51. The van der Waals surface area contributed by atoms with Crippen molar-refractivity contribution in [3.63, 3.8) is 0 Å². The molecule has 0 aromatic carbocycles. The molecular weight excluding hydrogens is 488 g/mol. The highest BCUT2D eigenvalue weighted by atomic mass is 16.6. The van der Waals surface area contributed by atoms with Crippen molar-refractivity contribution in [1.29, 1.82) is 0 Å². The van der Waals surface area contributed by atoms with E-state index in [-0.39, 0.29) is 72.0 Å². The number of carbonyl (C=O) groups excluding carboxylic acids is 2. The molecular formula is C30H44O8. The van der Waals surface area contributed by atoms with Gasteiger partial charge in [-0.2, -0.15) is 0 Å². The Morgan fingerprint density at radius 3 is 1.32 bits per heavy atom. The van der Waals surface area contributed by atoms with Gasteiger partial charge in [-0.15, -0.1) is 0 Å². The molecule has 0 amide bonds. The van der Waals surface area contributed by atoms with Crippen molar-refractivity contribution in [3.05, 3.63) is 23.3 Å². The minimum Gasteiger partial charge on any atom is -0.459 e. The predicted molar refractivity (Wildman–Crippen MR) is 139 cm³/mol. The Kier molecular flexibility index (Phi) is 7.34. The summed E-state index contributed by atoms with van der Waals surface area (Å²) in [5.74, 6) is -0.565. The third kappa shape index (κ3) is 6.19. The van der Waals surface area contributed by atoms with Crippen molar-refractivity contribution in [2.75, 3.05) is 13.2 Å². The van der Waals surface area contributed by atoms with Crippen LogP contribution in [0.3, 0.4) is 0 Å². The van der Waals surface area contributed by atoms with Gasteiger partial charge in [0, 0.05) is 11.1 Å². The maximum Gasteiger partial charge on any atom is 0.333 e. The number of allylic oxidation sites excluding steroid dienone is 2. The van der Waals surface area contributed by atoms with Gasteiger partial charge in [0.2, 0.25) is 0 Å². The lowest BCUT2D eigenvalue weighted by molar-refractivity contribution is -0.140. The molecule has 0 N–H and O–H groups in total. The zero-order valence-electron chi connectivity index (χ0n) is 23.8. The summed E-state index contributed by atoms with van der Waals surface area (Å²) in [5.41, 5.74) is 0.348. The van der Waals surface area contributed by atoms with E-state index in [0.29, 0.717) is 11.1 Å². The fraction of sp³-hybridized carbons (Fsp3) is 0.800. The van der Waals surface area contributed by atoms with E-state index >= 15 is 0 Å². The van der Waals surface area contributed by atoms with Crippen LogP contribution in [0.1, 0.15) is 92.9 Å². The highest BCUT2D eigenvalue weighted by Crippen LogP contribution is 2.49. The van der Waals surface area contributed by atoms with E-state index in [1.807, 2.05) is 12.2 Å². The predicted octanol–water partition coefficient (Wildman–Crippen LogP) is 4.73. The second-order valence-electron chi connectivity index (χ2n) is 12.8. The van der Waals surface area contributed by atoms with E-state index in [9.17, 15) is 9.59 Å². The minimum absolute atomic E-state index is 0.0733. The lowest BCUT2D eigenvalue weighted by Crippen LogP contribution is -2.19. The summed E-state index contributed by atoms with van der Waals surface area (Å²) in [6.07, 6.45) is 10.8. The van der Waals surface area contributed by atoms with Gasteiger partial charge in [0.15, 0.2) is 0 Å². The zero-order valence-corrected chi connectivity index (χ0v) is 23.8. The van der Waals surface area contributed by atoms with E-state index in [0.717, 1.165) is 51.4 Å². The van der Waals surface area contributed by atoms with E-state index in [1.54, 1.807) is 13.8 Å². The molecule has 38 heavy (non-hydrogen) atoms. The first-order chi connectivity index (χ1) is 17.9. The largest absolute Gasteiger partial charge is 0.459 e. The number of epoxide rings is 4. The molecule has 0 aromatic heterocycles. The van der Waals surface area contributed by atoms with Crippen molar-refractivity contribution in [2.24, 2.45) is 0 Å². The molecule has 5 heterocycles. The molecule has 8 nitrogen and oxygen atoms in total. The quantitative estimate of drug-likeness (QED) is 0.326. The average molecular weight is 533 g/mol. The summed E-state index contributed by atoms with van der Waals surface area (Å²) in [5, 5.41) is 0. The fourth-order valence-corrected chi connectivity index (χ4v) is 5.88. The summed E-state index contributed by atoms with van der Waals surface area (Å²) < 4.78 is 34.9. The van der Waals surface area contributed by atoms with Crippen LogP contribution >= 0.6 is 0 Å². The van der Waals surface area contributed by atoms with Gasteiger partial charge in [-0.05, 0) is 92.9 Å². The van der Waals surface area contributed by atoms with Crippen LogP contribution in [-0.4, -0.2) is 72.0 Å². The van der Waals surface area contributed by atoms with Gasteiger partial charge in [0.1, 0.15) is 25.4 Å². The lowest BCUT2D eigenvalue weighted by atomic mass is 9.93. The Bertz CT molecular complexity index is 940. The van der Waals surface area contributed by atoms with Crippen LogP contribution in [0.2, 0.25) is 0 Å². The van der Waals surface area contributed by atoms with Crippen molar-refractivity contribution >= 4 is 11.9 Å². The highest BCUT2D eigenvalue weighted by molar-refractivity contribution is 5.88. The molecule has 4 fully saturated rings. The minimum atomic E-state index is -0.283. The average Bonchev–Trinajstić information content (AvgIpc) is 3.80. The monoisotopic (exact) mass is 532 g/mol. The van der Waals surface area contributed by atoms with Crippen LogP contribution in [0.4, 0.5) is 0 Å². The zero-order chi connectivity index (χ0) is 27.3. The van der Waals surface area contributed by atoms with E-state index in [4.69, 9.17) is 28.4 Å². The molecule has 8 heteroatoms. The normalized spacial score (nSPS) is 49.2. The Balaban J connectivity index is 1.17. The summed E-state index contributed by atoms with van der Waals surface area (Å²) in [6.45, 7) is 12.5. The lowest BCUT2D eigenvalue weighted by Gasteiger charge is -2.09. The molecule has 0 radical (unpaired) electrons. The van der Waals surface area contributed by atoms with Crippen LogP contribution in [0, 0.1) is 0 Å². The summed E-state index contributed by atoms with van der Waals surface area (Å²) in [6, 6.07) is 0. The van der Waals surface area contributed by atoms with Crippen LogP contribution in [-0.2, 0) is 38.0 Å². The smallest absolute Gasteiger partial charge is 0.333 e. The first-order valence-corrected chi connectivity index (χ1v) is 14.2. The number of fused-ring (bicyclic) bond motifs is 4.